The summed E-state index contributed by atoms with van der Waals surface area (Å²) in [6.07, 6.45) is 0.354. The molecule has 2 fully saturated rings. The van der Waals surface area contributed by atoms with E-state index in [-0.39, 0.29) is 6.54 Å². The lowest BCUT2D eigenvalue weighted by molar-refractivity contribution is -0.192. The number of likely N-dealkylation sites (tertiary alicyclic amines) is 1. The number of rotatable bonds is 1. The molecule has 2 heterocycles. The molecule has 2 aliphatic rings. The molecule has 6 nitrogen and oxygen atoms in total. The van der Waals surface area contributed by atoms with Gasteiger partial charge in [0.15, 0.2) is 5.79 Å². The lowest BCUT2D eigenvalue weighted by Gasteiger charge is -2.39. The van der Waals surface area contributed by atoms with Crippen LogP contribution < -0.4 is 0 Å². The number of carbonyl (C=O) groups is 2. The highest BCUT2D eigenvalue weighted by molar-refractivity contribution is 5.72. The second-order valence-corrected chi connectivity index (χ2v) is 3.74. The zero-order valence-corrected chi connectivity index (χ0v) is 8.22. The highest BCUT2D eigenvalue weighted by Crippen LogP contribution is 2.33. The van der Waals surface area contributed by atoms with Gasteiger partial charge in [-0.2, -0.15) is 0 Å². The number of amides is 1. The van der Waals surface area contributed by atoms with Crippen LogP contribution >= 0.6 is 0 Å². The first-order chi connectivity index (χ1) is 7.17. The monoisotopic (exact) mass is 215 g/mol. The van der Waals surface area contributed by atoms with Gasteiger partial charge in [-0.3, -0.25) is 4.90 Å². The first kappa shape index (κ1) is 10.4. The van der Waals surface area contributed by atoms with Gasteiger partial charge in [0.1, 0.15) is 6.29 Å². The van der Waals surface area contributed by atoms with Crippen LogP contribution in [-0.4, -0.2) is 54.0 Å². The summed E-state index contributed by atoms with van der Waals surface area (Å²) in [5, 5.41) is 8.86. The maximum Gasteiger partial charge on any atom is 0.407 e. The van der Waals surface area contributed by atoms with Crippen molar-refractivity contribution < 1.29 is 24.2 Å². The van der Waals surface area contributed by atoms with Gasteiger partial charge < -0.3 is 19.4 Å². The SMILES string of the molecule is O=CC1CC2(CCN1C(=O)O)OCCO2. The Hall–Kier alpha value is -1.14. The van der Waals surface area contributed by atoms with Crippen LogP contribution in [0.3, 0.4) is 0 Å². The van der Waals surface area contributed by atoms with E-state index >= 15 is 0 Å². The quantitative estimate of drug-likeness (QED) is 0.626. The Kier molecular flexibility index (Phi) is 2.62. The van der Waals surface area contributed by atoms with E-state index in [9.17, 15) is 9.59 Å². The van der Waals surface area contributed by atoms with Crippen LogP contribution in [0.25, 0.3) is 0 Å². The van der Waals surface area contributed by atoms with E-state index in [0.717, 1.165) is 4.90 Å². The molecular formula is C9H13NO5. The van der Waals surface area contributed by atoms with Gasteiger partial charge in [-0.15, -0.1) is 0 Å². The molecule has 0 aromatic rings. The minimum atomic E-state index is -1.07. The maximum atomic E-state index is 10.8. The summed E-state index contributed by atoms with van der Waals surface area (Å²) >= 11 is 0. The van der Waals surface area contributed by atoms with E-state index in [2.05, 4.69) is 0 Å². The summed E-state index contributed by atoms with van der Waals surface area (Å²) in [5.41, 5.74) is 0. The molecule has 0 radical (unpaired) electrons. The first-order valence-corrected chi connectivity index (χ1v) is 4.90. The van der Waals surface area contributed by atoms with E-state index in [1.807, 2.05) is 0 Å². The molecule has 1 atom stereocenters. The predicted molar refractivity (Wildman–Crippen MR) is 48.5 cm³/mol. The molecule has 2 saturated heterocycles. The Balaban J connectivity index is 2.08. The fourth-order valence-corrected chi connectivity index (χ4v) is 2.11. The standard InChI is InChI=1S/C9H13NO5/c11-6-7-5-9(14-3-4-15-9)1-2-10(7)8(12)13/h6-7H,1-5H2,(H,12,13). The molecular weight excluding hydrogens is 202 g/mol. The average Bonchev–Trinajstić information content (AvgIpc) is 2.66. The minimum Gasteiger partial charge on any atom is -0.465 e. The number of piperidine rings is 1. The van der Waals surface area contributed by atoms with E-state index in [4.69, 9.17) is 14.6 Å². The van der Waals surface area contributed by atoms with Gasteiger partial charge in [0, 0.05) is 19.4 Å². The Morgan fingerprint density at radius 1 is 1.47 bits per heavy atom. The van der Waals surface area contributed by atoms with Crippen molar-refractivity contribution in [2.45, 2.75) is 24.7 Å². The van der Waals surface area contributed by atoms with Crippen molar-refractivity contribution in [1.82, 2.24) is 4.90 Å². The van der Waals surface area contributed by atoms with Gasteiger partial charge in [-0.25, -0.2) is 4.79 Å². The molecule has 15 heavy (non-hydrogen) atoms. The number of ether oxygens (including phenoxy) is 2. The lowest BCUT2D eigenvalue weighted by Crippen LogP contribution is -2.53. The normalized spacial score (nSPS) is 29.3. The molecule has 0 aromatic carbocycles. The van der Waals surface area contributed by atoms with E-state index < -0.39 is 17.9 Å². The van der Waals surface area contributed by atoms with Crippen LogP contribution in [0.15, 0.2) is 0 Å². The third-order valence-electron chi connectivity index (χ3n) is 2.87. The Bertz CT molecular complexity index is 274. The van der Waals surface area contributed by atoms with Crippen molar-refractivity contribution in [3.8, 4) is 0 Å². The van der Waals surface area contributed by atoms with Crippen molar-refractivity contribution in [2.24, 2.45) is 0 Å². The molecule has 84 valence electrons. The summed E-state index contributed by atoms with van der Waals surface area (Å²) in [4.78, 5) is 22.7. The second-order valence-electron chi connectivity index (χ2n) is 3.74. The molecule has 2 aliphatic heterocycles. The summed E-state index contributed by atoms with van der Waals surface area (Å²) in [5.74, 6) is -0.725. The largest absolute Gasteiger partial charge is 0.465 e. The van der Waals surface area contributed by atoms with Crippen LogP contribution in [0.5, 0.6) is 0 Å². The molecule has 0 bridgehead atoms. The van der Waals surface area contributed by atoms with Crippen LogP contribution in [0.2, 0.25) is 0 Å². The van der Waals surface area contributed by atoms with Crippen molar-refractivity contribution in [2.75, 3.05) is 19.8 Å². The van der Waals surface area contributed by atoms with Gasteiger partial charge in [0.25, 0.3) is 0 Å². The number of nitrogens with zero attached hydrogens (tertiary/aromatic N) is 1. The zero-order chi connectivity index (χ0) is 10.9. The fraction of sp³-hybridized carbons (Fsp3) is 0.778. The molecule has 0 saturated carbocycles. The third-order valence-corrected chi connectivity index (χ3v) is 2.87. The number of hydrogen-bond acceptors (Lipinski definition) is 4. The Labute approximate surface area is 86.8 Å². The molecule has 0 aromatic heterocycles. The summed E-state index contributed by atoms with van der Waals surface area (Å²) in [7, 11) is 0. The average molecular weight is 215 g/mol. The molecule has 1 amide bonds. The van der Waals surface area contributed by atoms with Crippen LogP contribution in [0, 0.1) is 0 Å². The van der Waals surface area contributed by atoms with Crippen molar-refractivity contribution in [3.05, 3.63) is 0 Å². The molecule has 2 rings (SSSR count). The third kappa shape index (κ3) is 1.82. The van der Waals surface area contributed by atoms with Gasteiger partial charge in [-0.1, -0.05) is 0 Å². The molecule has 0 aliphatic carbocycles. The molecule has 1 unspecified atom stereocenters. The molecule has 6 heteroatoms. The maximum absolute atomic E-state index is 10.8. The highest BCUT2D eigenvalue weighted by Gasteiger charge is 2.45. The number of carboxylic acid groups (broad SMARTS) is 1. The van der Waals surface area contributed by atoms with Crippen molar-refractivity contribution in [3.63, 3.8) is 0 Å². The van der Waals surface area contributed by atoms with Gasteiger partial charge in [0.2, 0.25) is 0 Å². The number of hydrogen-bond donors (Lipinski definition) is 1. The Morgan fingerprint density at radius 3 is 2.67 bits per heavy atom. The summed E-state index contributed by atoms with van der Waals surface area (Å²) in [6, 6.07) is -0.658. The first-order valence-electron chi connectivity index (χ1n) is 4.90. The van der Waals surface area contributed by atoms with Gasteiger partial charge >= 0.3 is 6.09 Å². The fourth-order valence-electron chi connectivity index (χ4n) is 2.11. The zero-order valence-electron chi connectivity index (χ0n) is 8.22. The minimum absolute atomic E-state index is 0.277. The number of aldehydes is 1. The second kappa shape index (κ2) is 3.79. The topological polar surface area (TPSA) is 76.1 Å². The van der Waals surface area contributed by atoms with E-state index in [1.54, 1.807) is 0 Å². The van der Waals surface area contributed by atoms with E-state index in [0.29, 0.717) is 32.3 Å². The van der Waals surface area contributed by atoms with E-state index in [1.165, 1.54) is 0 Å². The molecule has 1 spiro atoms. The molecule has 1 N–H and O–H groups in total. The number of carbonyl (C=O) groups excluding carboxylic acids is 1. The van der Waals surface area contributed by atoms with Gasteiger partial charge in [0.05, 0.1) is 19.3 Å². The summed E-state index contributed by atoms with van der Waals surface area (Å²) in [6.45, 7) is 1.30. The smallest absolute Gasteiger partial charge is 0.407 e. The summed E-state index contributed by atoms with van der Waals surface area (Å²) < 4.78 is 10.9. The lowest BCUT2D eigenvalue weighted by atomic mass is 9.97. The predicted octanol–water partition coefficient (Wildman–Crippen LogP) is 0.0708. The Morgan fingerprint density at radius 2 is 2.13 bits per heavy atom. The van der Waals surface area contributed by atoms with Crippen LogP contribution in [-0.2, 0) is 14.3 Å². The van der Waals surface area contributed by atoms with Crippen molar-refractivity contribution >= 4 is 12.4 Å². The van der Waals surface area contributed by atoms with Crippen LogP contribution in [0.4, 0.5) is 4.79 Å². The highest BCUT2D eigenvalue weighted by atomic mass is 16.7. The van der Waals surface area contributed by atoms with Gasteiger partial charge in [-0.05, 0) is 0 Å². The van der Waals surface area contributed by atoms with Crippen LogP contribution in [0.1, 0.15) is 12.8 Å². The van der Waals surface area contributed by atoms with Crippen molar-refractivity contribution in [1.29, 1.82) is 0 Å².